The average Bonchev–Trinajstić information content (AvgIpc) is 3.05. The van der Waals surface area contributed by atoms with Gasteiger partial charge in [-0.3, -0.25) is 4.98 Å². The fourth-order valence-corrected chi connectivity index (χ4v) is 2.59. The van der Waals surface area contributed by atoms with Crippen molar-refractivity contribution in [2.45, 2.75) is 6.42 Å². The molecule has 0 aliphatic carbocycles. The standard InChI is InChI=1S/C18H13N7/c19-11-12-4-3-5-13(8-12)15-10-17-23-16(24-25(17)18(20)22-15)9-14-6-1-2-7-21-14/h1-8,10H,9H2,(H2,20,22). The van der Waals surface area contributed by atoms with Crippen molar-refractivity contribution in [3.05, 3.63) is 71.8 Å². The van der Waals surface area contributed by atoms with Crippen molar-refractivity contribution in [1.82, 2.24) is 24.6 Å². The first-order valence-corrected chi connectivity index (χ1v) is 7.65. The number of nitrogen functional groups attached to an aromatic ring is 1. The molecule has 0 bridgehead atoms. The van der Waals surface area contributed by atoms with Gasteiger partial charge in [0.05, 0.1) is 23.7 Å². The van der Waals surface area contributed by atoms with Crippen LogP contribution in [-0.2, 0) is 6.42 Å². The van der Waals surface area contributed by atoms with E-state index in [9.17, 15) is 0 Å². The van der Waals surface area contributed by atoms with Crippen LogP contribution >= 0.6 is 0 Å². The maximum absolute atomic E-state index is 9.05. The Bertz CT molecular complexity index is 1090. The number of nitriles is 1. The van der Waals surface area contributed by atoms with Crippen LogP contribution in [0.25, 0.3) is 16.9 Å². The summed E-state index contributed by atoms with van der Waals surface area (Å²) in [6.45, 7) is 0. The van der Waals surface area contributed by atoms with E-state index in [4.69, 9.17) is 11.0 Å². The maximum atomic E-state index is 9.05. The summed E-state index contributed by atoms with van der Waals surface area (Å²) in [6.07, 6.45) is 2.25. The van der Waals surface area contributed by atoms with Gasteiger partial charge in [0.2, 0.25) is 5.95 Å². The van der Waals surface area contributed by atoms with E-state index in [0.29, 0.717) is 29.1 Å². The molecule has 0 radical (unpaired) electrons. The summed E-state index contributed by atoms with van der Waals surface area (Å²) in [5.41, 5.74) is 9.55. The van der Waals surface area contributed by atoms with E-state index in [2.05, 4.69) is 26.1 Å². The topological polar surface area (TPSA) is 106 Å². The molecule has 0 aliphatic rings. The molecule has 7 nitrogen and oxygen atoms in total. The second-order valence-corrected chi connectivity index (χ2v) is 5.49. The van der Waals surface area contributed by atoms with Gasteiger partial charge < -0.3 is 5.73 Å². The Morgan fingerprint density at radius 1 is 1.08 bits per heavy atom. The Labute approximate surface area is 143 Å². The number of fused-ring (bicyclic) bond motifs is 1. The van der Waals surface area contributed by atoms with Crippen molar-refractivity contribution in [2.75, 3.05) is 5.73 Å². The van der Waals surface area contributed by atoms with Crippen molar-refractivity contribution in [1.29, 1.82) is 5.26 Å². The Balaban J connectivity index is 1.75. The molecule has 25 heavy (non-hydrogen) atoms. The number of pyridine rings is 1. The van der Waals surface area contributed by atoms with E-state index in [-0.39, 0.29) is 5.95 Å². The largest absolute Gasteiger partial charge is 0.368 e. The number of nitrogens with zero attached hydrogens (tertiary/aromatic N) is 6. The zero-order valence-corrected chi connectivity index (χ0v) is 13.2. The van der Waals surface area contributed by atoms with Crippen LogP contribution in [0.15, 0.2) is 54.7 Å². The predicted molar refractivity (Wildman–Crippen MR) is 92.4 cm³/mol. The first kappa shape index (κ1) is 14.8. The van der Waals surface area contributed by atoms with Gasteiger partial charge in [0.1, 0.15) is 0 Å². The van der Waals surface area contributed by atoms with Gasteiger partial charge in [-0.2, -0.15) is 9.78 Å². The van der Waals surface area contributed by atoms with Crippen LogP contribution in [0.1, 0.15) is 17.1 Å². The van der Waals surface area contributed by atoms with Gasteiger partial charge in [-0.25, -0.2) is 9.97 Å². The molecule has 3 aromatic heterocycles. The average molecular weight is 327 g/mol. The summed E-state index contributed by atoms with van der Waals surface area (Å²) in [5.74, 6) is 0.866. The van der Waals surface area contributed by atoms with Gasteiger partial charge in [0.15, 0.2) is 11.5 Å². The molecular formula is C18H13N7. The molecular weight excluding hydrogens is 314 g/mol. The second-order valence-electron chi connectivity index (χ2n) is 5.49. The number of benzene rings is 1. The number of hydrogen-bond acceptors (Lipinski definition) is 6. The summed E-state index contributed by atoms with van der Waals surface area (Å²) in [5, 5.41) is 13.5. The third kappa shape index (κ3) is 2.88. The van der Waals surface area contributed by atoms with E-state index in [1.54, 1.807) is 18.3 Å². The summed E-state index contributed by atoms with van der Waals surface area (Å²) in [7, 11) is 0. The molecule has 0 saturated carbocycles. The quantitative estimate of drug-likeness (QED) is 0.618. The number of rotatable bonds is 3. The smallest absolute Gasteiger partial charge is 0.223 e. The summed E-state index contributed by atoms with van der Waals surface area (Å²) >= 11 is 0. The van der Waals surface area contributed by atoms with Crippen molar-refractivity contribution in [2.24, 2.45) is 0 Å². The molecule has 120 valence electrons. The van der Waals surface area contributed by atoms with Crippen LogP contribution in [0, 0.1) is 11.3 Å². The molecule has 0 unspecified atom stereocenters. The SMILES string of the molecule is N#Cc1cccc(-c2cc3nc(Cc4ccccn4)nn3c(N)n2)c1. The maximum Gasteiger partial charge on any atom is 0.223 e. The fourth-order valence-electron chi connectivity index (χ4n) is 2.59. The first-order valence-electron chi connectivity index (χ1n) is 7.65. The molecule has 4 aromatic rings. The molecule has 4 rings (SSSR count). The summed E-state index contributed by atoms with van der Waals surface area (Å²) in [6, 6.07) is 16.8. The highest BCUT2D eigenvalue weighted by atomic mass is 15.3. The van der Waals surface area contributed by atoms with E-state index >= 15 is 0 Å². The molecule has 0 fully saturated rings. The lowest BCUT2D eigenvalue weighted by Crippen LogP contribution is -2.03. The number of nitrogens with two attached hydrogens (primary N) is 1. The van der Waals surface area contributed by atoms with Crippen LogP contribution in [-0.4, -0.2) is 24.6 Å². The lowest BCUT2D eigenvalue weighted by Gasteiger charge is -2.03. The molecule has 0 aliphatic heterocycles. The summed E-state index contributed by atoms with van der Waals surface area (Å²) in [4.78, 5) is 13.2. The first-order chi connectivity index (χ1) is 12.2. The predicted octanol–water partition coefficient (Wildman–Crippen LogP) is 2.23. The number of hydrogen-bond donors (Lipinski definition) is 1. The molecule has 0 atom stereocenters. The minimum atomic E-state index is 0.245. The van der Waals surface area contributed by atoms with Crippen molar-refractivity contribution < 1.29 is 0 Å². The minimum Gasteiger partial charge on any atom is -0.368 e. The summed E-state index contributed by atoms with van der Waals surface area (Å²) < 4.78 is 1.51. The number of aromatic nitrogens is 5. The Hall–Kier alpha value is -3.79. The zero-order valence-electron chi connectivity index (χ0n) is 13.2. The van der Waals surface area contributed by atoms with Gasteiger partial charge in [-0.1, -0.05) is 18.2 Å². The van der Waals surface area contributed by atoms with Gasteiger partial charge in [-0.15, -0.1) is 5.10 Å². The monoisotopic (exact) mass is 327 g/mol. The Morgan fingerprint density at radius 3 is 2.80 bits per heavy atom. The molecule has 0 amide bonds. The normalized spacial score (nSPS) is 10.7. The number of anilines is 1. The lowest BCUT2D eigenvalue weighted by molar-refractivity contribution is 0.879. The third-order valence-electron chi connectivity index (χ3n) is 3.75. The zero-order chi connectivity index (χ0) is 17.2. The highest BCUT2D eigenvalue weighted by Gasteiger charge is 2.11. The molecule has 0 saturated heterocycles. The van der Waals surface area contributed by atoms with Crippen LogP contribution in [0.5, 0.6) is 0 Å². The highest BCUT2D eigenvalue weighted by Crippen LogP contribution is 2.21. The van der Waals surface area contributed by atoms with Crippen LogP contribution < -0.4 is 5.73 Å². The van der Waals surface area contributed by atoms with Crippen molar-refractivity contribution in [3.8, 4) is 17.3 Å². The lowest BCUT2D eigenvalue weighted by atomic mass is 10.1. The fraction of sp³-hybridized carbons (Fsp3) is 0.0556. The second kappa shape index (κ2) is 6.02. The van der Waals surface area contributed by atoms with E-state index in [1.807, 2.05) is 36.4 Å². The third-order valence-corrected chi connectivity index (χ3v) is 3.75. The molecule has 3 heterocycles. The van der Waals surface area contributed by atoms with E-state index < -0.39 is 0 Å². The van der Waals surface area contributed by atoms with Gasteiger partial charge >= 0.3 is 0 Å². The molecule has 0 spiro atoms. The molecule has 2 N–H and O–H groups in total. The van der Waals surface area contributed by atoms with Gasteiger partial charge in [-0.05, 0) is 24.3 Å². The Morgan fingerprint density at radius 2 is 2.00 bits per heavy atom. The van der Waals surface area contributed by atoms with Crippen molar-refractivity contribution >= 4 is 11.6 Å². The van der Waals surface area contributed by atoms with E-state index in [0.717, 1.165) is 11.3 Å². The molecule has 7 heteroatoms. The molecule has 1 aromatic carbocycles. The van der Waals surface area contributed by atoms with Crippen LogP contribution in [0.3, 0.4) is 0 Å². The van der Waals surface area contributed by atoms with Crippen molar-refractivity contribution in [3.63, 3.8) is 0 Å². The van der Waals surface area contributed by atoms with Crippen LogP contribution in [0.2, 0.25) is 0 Å². The highest BCUT2D eigenvalue weighted by molar-refractivity contribution is 5.66. The van der Waals surface area contributed by atoms with Crippen LogP contribution in [0.4, 0.5) is 5.95 Å². The minimum absolute atomic E-state index is 0.245. The Kier molecular flexibility index (Phi) is 3.56. The van der Waals surface area contributed by atoms with E-state index in [1.165, 1.54) is 4.52 Å². The van der Waals surface area contributed by atoms with Gasteiger partial charge in [0, 0.05) is 23.5 Å². The van der Waals surface area contributed by atoms with Gasteiger partial charge in [0.25, 0.3) is 0 Å².